The number of anilines is 3. The lowest BCUT2D eigenvalue weighted by atomic mass is 9.61. The van der Waals surface area contributed by atoms with Crippen molar-refractivity contribution in [3.05, 3.63) is 142 Å². The monoisotopic (exact) mass is 565 g/mol. The van der Waals surface area contributed by atoms with Gasteiger partial charge in [0.05, 0.1) is 30.4 Å². The number of fused-ring (bicyclic) bond motifs is 9. The first-order valence-corrected chi connectivity index (χ1v) is 18.0. The van der Waals surface area contributed by atoms with E-state index in [2.05, 4.69) is 129 Å². The van der Waals surface area contributed by atoms with Crippen LogP contribution in [0.15, 0.2) is 103 Å². The lowest BCUT2D eigenvalue weighted by Crippen LogP contribution is -2.43. The molecule has 0 amide bonds. The number of cyclic esters (lactones) is 1. The number of carbonyl (C=O) groups excluding carboxylic acids is 1. The number of aryl methyl sites for hydroxylation is 1. The van der Waals surface area contributed by atoms with E-state index in [-0.39, 0.29) is 5.97 Å². The molecule has 0 saturated carbocycles. The van der Waals surface area contributed by atoms with Crippen LogP contribution >= 0.6 is 0 Å². The average molecular weight is 566 g/mol. The smallest absolute Gasteiger partial charge is 0.338 e. The minimum atomic E-state index is -1.69. The van der Waals surface area contributed by atoms with Gasteiger partial charge in [-0.25, -0.2) is 4.79 Å². The number of para-hydroxylation sites is 2. The van der Waals surface area contributed by atoms with Gasteiger partial charge < -0.3 is 14.4 Å². The second-order valence-corrected chi connectivity index (χ2v) is 17.7. The summed E-state index contributed by atoms with van der Waals surface area (Å²) in [5.41, 5.74) is 10.2. The van der Waals surface area contributed by atoms with Gasteiger partial charge in [-0.05, 0) is 60.5 Å². The number of nitrogens with zero attached hydrogens (tertiary/aromatic N) is 1. The Bertz CT molecular complexity index is 1910. The first kappa shape index (κ1) is 25.1. The average Bonchev–Trinajstić information content (AvgIpc) is 3.36. The molecule has 0 aliphatic carbocycles. The quantitative estimate of drug-likeness (QED) is 0.156. The Morgan fingerprint density at radius 3 is 2.05 bits per heavy atom. The molecule has 4 nitrogen and oxygen atoms in total. The summed E-state index contributed by atoms with van der Waals surface area (Å²) in [4.78, 5) is 14.7. The fraction of sp³-hybridized carbons (Fsp3) is 0.162. The van der Waals surface area contributed by atoms with E-state index in [1.54, 1.807) is 0 Å². The van der Waals surface area contributed by atoms with Crippen LogP contribution in [-0.4, -0.2) is 14.0 Å². The molecule has 0 aromatic heterocycles. The molecule has 5 aromatic carbocycles. The minimum Gasteiger partial charge on any atom is -0.457 e. The van der Waals surface area contributed by atoms with Crippen molar-refractivity contribution in [3.63, 3.8) is 0 Å². The van der Waals surface area contributed by atoms with Gasteiger partial charge in [-0.1, -0.05) is 91.1 Å². The molecule has 0 unspecified atom stereocenters. The van der Waals surface area contributed by atoms with Crippen LogP contribution in [0.5, 0.6) is 11.5 Å². The second kappa shape index (κ2) is 8.70. The van der Waals surface area contributed by atoms with E-state index < -0.39 is 13.5 Å². The lowest BCUT2D eigenvalue weighted by Gasteiger charge is -2.49. The number of carbonyl (C=O) groups is 1. The maximum Gasteiger partial charge on any atom is 0.338 e. The van der Waals surface area contributed by atoms with Gasteiger partial charge in [0.1, 0.15) is 18.1 Å². The molecule has 3 heterocycles. The van der Waals surface area contributed by atoms with Crippen LogP contribution in [0.2, 0.25) is 19.6 Å². The topological polar surface area (TPSA) is 38.8 Å². The van der Waals surface area contributed by atoms with Crippen molar-refractivity contribution in [1.82, 2.24) is 0 Å². The van der Waals surface area contributed by atoms with Gasteiger partial charge in [0.25, 0.3) is 0 Å². The zero-order valence-electron chi connectivity index (χ0n) is 24.2. The Balaban J connectivity index is 1.53. The van der Waals surface area contributed by atoms with Gasteiger partial charge in [0, 0.05) is 22.4 Å². The zero-order chi connectivity index (χ0) is 28.8. The number of rotatable bonds is 2. The van der Waals surface area contributed by atoms with E-state index in [0.29, 0.717) is 12.2 Å². The highest BCUT2D eigenvalue weighted by atomic mass is 28.3. The van der Waals surface area contributed by atoms with Gasteiger partial charge in [0.2, 0.25) is 0 Å². The molecule has 0 fully saturated rings. The summed E-state index contributed by atoms with van der Waals surface area (Å²) in [6.07, 6.45) is 0. The maximum atomic E-state index is 12.3. The van der Waals surface area contributed by atoms with Crippen LogP contribution in [0.4, 0.5) is 17.1 Å². The highest BCUT2D eigenvalue weighted by Gasteiger charge is 2.51. The number of benzene rings is 5. The summed E-state index contributed by atoms with van der Waals surface area (Å²) in [6.45, 7) is 9.69. The van der Waals surface area contributed by atoms with Crippen molar-refractivity contribution in [2.24, 2.45) is 0 Å². The number of ether oxygens (including phenoxy) is 2. The number of hydrogen-bond donors (Lipinski definition) is 0. The largest absolute Gasteiger partial charge is 0.457 e. The van der Waals surface area contributed by atoms with Gasteiger partial charge in [0.15, 0.2) is 0 Å². The van der Waals surface area contributed by atoms with Crippen LogP contribution in [0.25, 0.3) is 0 Å². The molecule has 3 aliphatic rings. The van der Waals surface area contributed by atoms with E-state index in [1.807, 2.05) is 6.07 Å². The summed E-state index contributed by atoms with van der Waals surface area (Å²) >= 11 is 0. The third kappa shape index (κ3) is 3.37. The van der Waals surface area contributed by atoms with Crippen molar-refractivity contribution in [2.45, 2.75) is 38.6 Å². The van der Waals surface area contributed by atoms with E-state index >= 15 is 0 Å². The zero-order valence-corrected chi connectivity index (χ0v) is 25.2. The molecule has 1 spiro atoms. The highest BCUT2D eigenvalue weighted by Crippen LogP contribution is 2.62. The Hall–Kier alpha value is -4.61. The highest BCUT2D eigenvalue weighted by molar-refractivity contribution is 6.88. The fourth-order valence-electron chi connectivity index (χ4n) is 7.03. The van der Waals surface area contributed by atoms with Crippen molar-refractivity contribution >= 4 is 36.3 Å². The molecule has 8 rings (SSSR count). The second-order valence-electron chi connectivity index (χ2n) is 12.6. The van der Waals surface area contributed by atoms with Crippen molar-refractivity contribution in [1.29, 1.82) is 0 Å². The first-order valence-electron chi connectivity index (χ1n) is 14.5. The molecule has 42 heavy (non-hydrogen) atoms. The summed E-state index contributed by atoms with van der Waals surface area (Å²) in [6, 6.07) is 37.0. The minimum absolute atomic E-state index is 0.249. The molecular formula is C37H31NO3Si. The molecule has 0 bridgehead atoms. The van der Waals surface area contributed by atoms with E-state index in [4.69, 9.17) is 9.47 Å². The van der Waals surface area contributed by atoms with E-state index in [0.717, 1.165) is 45.3 Å². The van der Waals surface area contributed by atoms with Crippen molar-refractivity contribution in [2.75, 3.05) is 4.90 Å². The lowest BCUT2D eigenvalue weighted by molar-refractivity contribution is 0.0535. The summed E-state index contributed by atoms with van der Waals surface area (Å²) in [5, 5.41) is 1.41. The fourth-order valence-corrected chi connectivity index (χ4v) is 8.19. The normalized spacial score (nSPS) is 15.6. The van der Waals surface area contributed by atoms with E-state index in [1.165, 1.54) is 21.9 Å². The molecule has 5 heteroatoms. The van der Waals surface area contributed by atoms with Crippen molar-refractivity contribution < 1.29 is 14.3 Å². The Kier molecular flexibility index (Phi) is 5.20. The van der Waals surface area contributed by atoms with Crippen molar-refractivity contribution in [3.8, 4) is 11.5 Å². The molecule has 0 saturated heterocycles. The van der Waals surface area contributed by atoms with Crippen LogP contribution in [0.3, 0.4) is 0 Å². The maximum absolute atomic E-state index is 12.3. The molecule has 5 aromatic rings. The van der Waals surface area contributed by atoms with Crippen LogP contribution in [0, 0.1) is 6.92 Å². The van der Waals surface area contributed by atoms with Crippen LogP contribution in [0.1, 0.15) is 43.7 Å². The number of hydrogen-bond acceptors (Lipinski definition) is 4. The first-order chi connectivity index (χ1) is 20.3. The summed E-state index contributed by atoms with van der Waals surface area (Å²) < 4.78 is 12.0. The molecule has 3 aliphatic heterocycles. The molecule has 0 radical (unpaired) electrons. The molecule has 0 atom stereocenters. The van der Waals surface area contributed by atoms with Gasteiger partial charge >= 0.3 is 5.97 Å². The van der Waals surface area contributed by atoms with Gasteiger partial charge in [-0.15, -0.1) is 0 Å². The molecular weight excluding hydrogens is 534 g/mol. The standard InChI is InChI=1S/C37H31NO3Si/c1-23-13-17-32-30(19-23)37(28-9-5-7-11-34(28)41-35-12-8-6-10-29(35)37)31-21-26(42(2,3)4)15-18-33(31)38(32)25-14-16-27-24(20-25)22-40-36(27)39/h5-21H,22H2,1-4H3. The predicted octanol–water partition coefficient (Wildman–Crippen LogP) is 8.48. The Morgan fingerprint density at radius 1 is 0.714 bits per heavy atom. The van der Waals surface area contributed by atoms with Crippen LogP contribution < -0.4 is 14.8 Å². The van der Waals surface area contributed by atoms with Crippen LogP contribution in [-0.2, 0) is 16.8 Å². The molecule has 0 N–H and O–H groups in total. The SMILES string of the molecule is Cc1ccc2c(c1)C1(c3ccccc3Oc3ccccc31)c1cc([Si](C)(C)C)ccc1N2c1ccc2c(c1)COC2=O. The summed E-state index contributed by atoms with van der Waals surface area (Å²) in [7, 11) is -1.69. The van der Waals surface area contributed by atoms with E-state index in [9.17, 15) is 4.79 Å². The predicted molar refractivity (Wildman–Crippen MR) is 170 cm³/mol. The Morgan fingerprint density at radius 2 is 1.36 bits per heavy atom. The van der Waals surface area contributed by atoms with Gasteiger partial charge in [-0.3, -0.25) is 0 Å². The van der Waals surface area contributed by atoms with Gasteiger partial charge in [-0.2, -0.15) is 0 Å². The Labute approximate surface area is 247 Å². The third-order valence-corrected chi connectivity index (χ3v) is 11.1. The number of esters is 1. The summed E-state index contributed by atoms with van der Waals surface area (Å²) in [5.74, 6) is 1.52. The third-order valence-electron chi connectivity index (χ3n) is 9.03. The molecule has 206 valence electrons.